The van der Waals surface area contributed by atoms with E-state index in [1.165, 1.54) is 0 Å². The minimum Gasteiger partial charge on any atom is -0.870 e. The zero-order valence-electron chi connectivity index (χ0n) is 4.36. The van der Waals surface area contributed by atoms with E-state index >= 15 is 0 Å². The molecule has 0 aliphatic rings. The third kappa shape index (κ3) is 607. The summed E-state index contributed by atoms with van der Waals surface area (Å²) in [6.07, 6.45) is 0. The Balaban J connectivity index is -0.0000000105. The number of hydrogen-bond donors (Lipinski definition) is 2. The van der Waals surface area contributed by atoms with E-state index in [0.29, 0.717) is 0 Å². The van der Waals surface area contributed by atoms with Crippen LogP contribution in [-0.4, -0.2) is 23.0 Å². The fraction of sp³-hybridized carbons (Fsp3) is 1.00. The molecular formula is C2H11Cl2NO2. The van der Waals surface area contributed by atoms with Gasteiger partial charge in [-0.25, -0.2) is 0 Å². The normalized spacial score (nSPS) is 3.43. The van der Waals surface area contributed by atoms with Gasteiger partial charge in [-0.3, -0.25) is 0 Å². The van der Waals surface area contributed by atoms with Crippen LogP contribution in [0.3, 0.4) is 0 Å². The number of hydrogen-bond acceptors (Lipinski definition) is 2. The molecule has 50 valence electrons. The van der Waals surface area contributed by atoms with Crippen LogP contribution in [-0.2, 0) is 0 Å². The lowest BCUT2D eigenvalue weighted by Gasteiger charge is -1.42. The van der Waals surface area contributed by atoms with Crippen LogP contribution in [0, 0.1) is 0 Å². The van der Waals surface area contributed by atoms with Crippen molar-refractivity contribution in [2.24, 2.45) is 0 Å². The van der Waals surface area contributed by atoms with E-state index in [0.717, 1.165) is 7.11 Å². The SMILES string of the molecule is CO.ClCCl.[NH4+].[OH-]. The highest BCUT2D eigenvalue weighted by molar-refractivity contribution is 6.40. The van der Waals surface area contributed by atoms with Crippen molar-refractivity contribution in [2.45, 2.75) is 0 Å². The van der Waals surface area contributed by atoms with Gasteiger partial charge in [0.05, 0.1) is 5.34 Å². The average Bonchev–Trinajstić information content (AvgIpc) is 1.46. The van der Waals surface area contributed by atoms with Gasteiger partial charge < -0.3 is 16.7 Å². The zero-order chi connectivity index (χ0) is 4.71. The van der Waals surface area contributed by atoms with Crippen molar-refractivity contribution in [3.63, 3.8) is 0 Å². The summed E-state index contributed by atoms with van der Waals surface area (Å²) in [6.45, 7) is 0. The monoisotopic (exact) mass is 151 g/mol. The number of alkyl halides is 2. The number of halogens is 2. The molecule has 0 aliphatic carbocycles. The minimum atomic E-state index is 0. The van der Waals surface area contributed by atoms with Gasteiger partial charge in [-0.05, 0) is 0 Å². The Morgan fingerprint density at radius 2 is 1.29 bits per heavy atom. The fourth-order valence-electron chi connectivity index (χ4n) is 0. The van der Waals surface area contributed by atoms with Gasteiger partial charge in [-0.15, -0.1) is 23.2 Å². The Labute approximate surface area is 53.1 Å². The van der Waals surface area contributed by atoms with Crippen molar-refractivity contribution in [3.8, 4) is 0 Å². The van der Waals surface area contributed by atoms with E-state index in [9.17, 15) is 0 Å². The average molecular weight is 152 g/mol. The first-order valence-electron chi connectivity index (χ1n) is 0.982. The van der Waals surface area contributed by atoms with E-state index in [-0.39, 0.29) is 17.0 Å². The topological polar surface area (TPSA) is 86.7 Å². The molecular weight excluding hydrogens is 141 g/mol. The Morgan fingerprint density at radius 1 is 1.29 bits per heavy atom. The molecule has 0 atom stereocenters. The predicted octanol–water partition coefficient (Wildman–Crippen LogP) is 1.23. The second-order valence-corrected chi connectivity index (χ2v) is 0.909. The van der Waals surface area contributed by atoms with Crippen LogP contribution in [0.25, 0.3) is 0 Å². The van der Waals surface area contributed by atoms with Gasteiger partial charge in [-0.1, -0.05) is 0 Å². The van der Waals surface area contributed by atoms with Crippen LogP contribution in [0.2, 0.25) is 0 Å². The summed E-state index contributed by atoms with van der Waals surface area (Å²) in [4.78, 5) is 0. The minimum absolute atomic E-state index is 0. The van der Waals surface area contributed by atoms with Crippen LogP contribution in [0.1, 0.15) is 0 Å². The molecule has 0 rings (SSSR count). The lowest BCUT2D eigenvalue weighted by Crippen LogP contribution is -1.25. The maximum atomic E-state index is 7.00. The van der Waals surface area contributed by atoms with E-state index in [1.807, 2.05) is 0 Å². The Bertz CT molecular complexity index is 13.7. The maximum Gasteiger partial charge on any atom is 0.0967 e. The summed E-state index contributed by atoms with van der Waals surface area (Å²) in [7, 11) is 1.00. The first kappa shape index (κ1) is 26.0. The molecule has 0 aromatic carbocycles. The van der Waals surface area contributed by atoms with Gasteiger partial charge in [0.25, 0.3) is 0 Å². The van der Waals surface area contributed by atoms with E-state index in [2.05, 4.69) is 0 Å². The van der Waals surface area contributed by atoms with E-state index < -0.39 is 0 Å². The smallest absolute Gasteiger partial charge is 0.0967 e. The summed E-state index contributed by atoms with van der Waals surface area (Å²) in [6, 6.07) is 0. The van der Waals surface area contributed by atoms with Crippen molar-refractivity contribution >= 4 is 23.2 Å². The highest BCUT2D eigenvalue weighted by atomic mass is 35.5. The quantitative estimate of drug-likeness (QED) is 0.511. The number of quaternary nitrogens is 1. The molecule has 0 radical (unpaired) electrons. The first-order chi connectivity index (χ1) is 2.41. The molecule has 0 bridgehead atoms. The number of aliphatic hydroxyl groups excluding tert-OH is 1. The Morgan fingerprint density at radius 3 is 1.29 bits per heavy atom. The Kier molecular flexibility index (Phi) is 336. The summed E-state index contributed by atoms with van der Waals surface area (Å²) >= 11 is 9.53. The van der Waals surface area contributed by atoms with Crippen LogP contribution < -0.4 is 6.15 Å². The molecule has 6 N–H and O–H groups in total. The van der Waals surface area contributed by atoms with Crippen molar-refractivity contribution in [1.29, 1.82) is 0 Å². The van der Waals surface area contributed by atoms with Crippen molar-refractivity contribution < 1.29 is 10.6 Å². The molecule has 0 saturated heterocycles. The zero-order valence-corrected chi connectivity index (χ0v) is 5.87. The van der Waals surface area contributed by atoms with Crippen molar-refractivity contribution in [1.82, 2.24) is 6.15 Å². The maximum absolute atomic E-state index is 7.00. The standard InChI is InChI=1S/CH2Cl2.CH4O.H3N.H2O/c2-1-3;1-2;;/h1H2;2H,1H3;1H3;1H2. The second kappa shape index (κ2) is 90.3. The Hall–Kier alpha value is 0.460. The lowest BCUT2D eigenvalue weighted by molar-refractivity contribution is 0.399. The number of rotatable bonds is 0. The molecule has 0 aromatic heterocycles. The molecule has 0 saturated carbocycles. The van der Waals surface area contributed by atoms with Crippen LogP contribution in [0.5, 0.6) is 0 Å². The molecule has 0 amide bonds. The van der Waals surface area contributed by atoms with Crippen molar-refractivity contribution in [2.75, 3.05) is 12.4 Å². The van der Waals surface area contributed by atoms with E-state index in [4.69, 9.17) is 28.3 Å². The largest absolute Gasteiger partial charge is 0.870 e. The highest BCUT2D eigenvalue weighted by Gasteiger charge is 1.41. The van der Waals surface area contributed by atoms with Gasteiger partial charge in [0, 0.05) is 7.11 Å². The third-order valence-corrected chi connectivity index (χ3v) is 0. The van der Waals surface area contributed by atoms with Crippen LogP contribution in [0.4, 0.5) is 0 Å². The molecule has 5 heteroatoms. The first-order valence-corrected chi connectivity index (χ1v) is 2.05. The summed E-state index contributed by atoms with van der Waals surface area (Å²) in [5.74, 6) is 0. The van der Waals surface area contributed by atoms with Crippen LogP contribution >= 0.6 is 23.2 Å². The summed E-state index contributed by atoms with van der Waals surface area (Å²) < 4.78 is 0. The fourth-order valence-corrected chi connectivity index (χ4v) is 0. The highest BCUT2D eigenvalue weighted by Crippen LogP contribution is 1.73. The molecule has 3 nitrogen and oxygen atoms in total. The van der Waals surface area contributed by atoms with Gasteiger partial charge in [0.15, 0.2) is 0 Å². The predicted molar refractivity (Wildman–Crippen MR) is 32.6 cm³/mol. The molecule has 0 aromatic rings. The molecule has 0 heterocycles. The van der Waals surface area contributed by atoms with Gasteiger partial charge in [0.2, 0.25) is 0 Å². The van der Waals surface area contributed by atoms with Gasteiger partial charge in [0.1, 0.15) is 0 Å². The second-order valence-electron chi connectivity index (χ2n) is 0.101. The molecule has 0 spiro atoms. The molecule has 7 heavy (non-hydrogen) atoms. The van der Waals surface area contributed by atoms with Gasteiger partial charge >= 0.3 is 0 Å². The lowest BCUT2D eigenvalue weighted by atomic mass is 11.8. The van der Waals surface area contributed by atoms with Crippen LogP contribution in [0.15, 0.2) is 0 Å². The third-order valence-electron chi connectivity index (χ3n) is 0. The molecule has 0 unspecified atom stereocenters. The number of aliphatic hydroxyl groups is 1. The van der Waals surface area contributed by atoms with Gasteiger partial charge in [-0.2, -0.15) is 0 Å². The molecule has 0 fully saturated rings. The summed E-state index contributed by atoms with van der Waals surface area (Å²) in [5.41, 5.74) is 0. The van der Waals surface area contributed by atoms with E-state index in [1.54, 1.807) is 0 Å². The van der Waals surface area contributed by atoms with Crippen molar-refractivity contribution in [3.05, 3.63) is 0 Å². The summed E-state index contributed by atoms with van der Waals surface area (Å²) in [5, 5.41) is 7.19. The molecule has 0 aliphatic heterocycles.